The topological polar surface area (TPSA) is 95.9 Å². The van der Waals surface area contributed by atoms with E-state index in [1.165, 1.54) is 0 Å². The molecule has 5 rings (SSSR count). The van der Waals surface area contributed by atoms with E-state index in [1.54, 1.807) is 0 Å². The summed E-state index contributed by atoms with van der Waals surface area (Å²) in [5, 5.41) is 12.2. The lowest BCUT2D eigenvalue weighted by atomic mass is 9.90. The smallest absolute Gasteiger partial charge is 0.407 e. The molecule has 2 fully saturated rings. The van der Waals surface area contributed by atoms with Crippen molar-refractivity contribution in [3.63, 3.8) is 0 Å². The molecule has 0 spiro atoms. The van der Waals surface area contributed by atoms with Crippen molar-refractivity contribution in [3.05, 3.63) is 59.7 Å². The Labute approximate surface area is 199 Å². The van der Waals surface area contributed by atoms with Crippen molar-refractivity contribution in [3.8, 4) is 11.1 Å². The van der Waals surface area contributed by atoms with Crippen molar-refractivity contribution in [2.45, 2.75) is 63.1 Å². The van der Waals surface area contributed by atoms with Gasteiger partial charge in [-0.05, 0) is 54.4 Å². The molecule has 178 valence electrons. The molecule has 2 saturated heterocycles. The fraction of sp³-hybridized carbons (Fsp3) is 0.444. The highest BCUT2D eigenvalue weighted by molar-refractivity contribution is 5.87. The fourth-order valence-corrected chi connectivity index (χ4v) is 6.04. The average molecular weight is 463 g/mol. The number of carboxylic acids is 1. The summed E-state index contributed by atoms with van der Waals surface area (Å²) in [6, 6.07) is 15.5. The minimum Gasteiger partial charge on any atom is -0.481 e. The van der Waals surface area contributed by atoms with Crippen LogP contribution >= 0.6 is 0 Å². The van der Waals surface area contributed by atoms with Gasteiger partial charge in [0.05, 0.1) is 5.92 Å². The molecule has 3 atom stereocenters. The van der Waals surface area contributed by atoms with Gasteiger partial charge in [0.2, 0.25) is 5.91 Å². The van der Waals surface area contributed by atoms with Crippen LogP contribution in [0.5, 0.6) is 0 Å². The Hall–Kier alpha value is -3.35. The first-order valence-electron chi connectivity index (χ1n) is 12.1. The number of carboxylic acid groups (broad SMARTS) is 1. The number of alkyl carbamates (subject to hydrolysis) is 1. The molecule has 3 aliphatic rings. The summed E-state index contributed by atoms with van der Waals surface area (Å²) in [5.41, 5.74) is 4.60. The van der Waals surface area contributed by atoms with Crippen molar-refractivity contribution < 1.29 is 24.2 Å². The first-order chi connectivity index (χ1) is 16.5. The molecule has 1 aliphatic carbocycles. The maximum Gasteiger partial charge on any atom is 0.407 e. The minimum absolute atomic E-state index is 0.0418. The van der Waals surface area contributed by atoms with Crippen LogP contribution in [0.3, 0.4) is 0 Å². The van der Waals surface area contributed by atoms with Crippen molar-refractivity contribution in [2.24, 2.45) is 5.92 Å². The summed E-state index contributed by atoms with van der Waals surface area (Å²) in [5.74, 6) is -1.35. The number of nitrogens with one attached hydrogen (secondary N) is 1. The van der Waals surface area contributed by atoms with Crippen LogP contribution in [0.15, 0.2) is 48.5 Å². The molecule has 2 bridgehead atoms. The van der Waals surface area contributed by atoms with E-state index in [-0.39, 0.29) is 30.5 Å². The van der Waals surface area contributed by atoms with Gasteiger partial charge in [-0.1, -0.05) is 55.5 Å². The summed E-state index contributed by atoms with van der Waals surface area (Å²) >= 11 is 0. The SMILES string of the molecule is CC[C@H](NC(=O)OCC1c2ccccc2-c2ccccc21)C(=O)N1C2CCC1CC(C(=O)O)C2. The normalized spacial score (nSPS) is 23.7. The molecule has 2 amide bonds. The molecular weight excluding hydrogens is 432 g/mol. The van der Waals surface area contributed by atoms with Crippen LogP contribution in [-0.4, -0.2) is 52.7 Å². The lowest BCUT2D eigenvalue weighted by Crippen LogP contribution is -2.55. The van der Waals surface area contributed by atoms with E-state index in [1.807, 2.05) is 36.1 Å². The van der Waals surface area contributed by atoms with Gasteiger partial charge in [0.1, 0.15) is 12.6 Å². The fourth-order valence-electron chi connectivity index (χ4n) is 6.04. The number of hydrogen-bond donors (Lipinski definition) is 2. The number of hydrogen-bond acceptors (Lipinski definition) is 4. The predicted molar refractivity (Wildman–Crippen MR) is 126 cm³/mol. The Morgan fingerprint density at radius 3 is 2.09 bits per heavy atom. The van der Waals surface area contributed by atoms with Crippen LogP contribution in [0.4, 0.5) is 4.79 Å². The minimum atomic E-state index is -0.784. The van der Waals surface area contributed by atoms with Crippen molar-refractivity contribution in [1.29, 1.82) is 0 Å². The second-order valence-corrected chi connectivity index (χ2v) is 9.57. The van der Waals surface area contributed by atoms with Gasteiger partial charge in [-0.3, -0.25) is 9.59 Å². The van der Waals surface area contributed by atoms with Gasteiger partial charge in [0.15, 0.2) is 0 Å². The third kappa shape index (κ3) is 3.93. The summed E-state index contributed by atoms with van der Waals surface area (Å²) < 4.78 is 5.63. The van der Waals surface area contributed by atoms with E-state index in [0.717, 1.165) is 35.1 Å². The molecule has 2 heterocycles. The molecular formula is C27H30N2O5. The highest BCUT2D eigenvalue weighted by Gasteiger charge is 2.46. The molecule has 2 aromatic rings. The number of aliphatic carboxylic acids is 1. The molecule has 2 aromatic carbocycles. The number of ether oxygens (including phenoxy) is 1. The summed E-state index contributed by atoms with van der Waals surface area (Å²) in [4.78, 5) is 39.3. The predicted octanol–water partition coefficient (Wildman–Crippen LogP) is 4.16. The van der Waals surface area contributed by atoms with Crippen LogP contribution in [0.25, 0.3) is 11.1 Å². The quantitative estimate of drug-likeness (QED) is 0.672. The van der Waals surface area contributed by atoms with E-state index in [2.05, 4.69) is 29.6 Å². The maximum atomic E-state index is 13.3. The monoisotopic (exact) mass is 462 g/mol. The second kappa shape index (κ2) is 9.12. The molecule has 7 heteroatoms. The number of amides is 2. The average Bonchev–Trinajstić information content (AvgIpc) is 3.31. The van der Waals surface area contributed by atoms with Crippen molar-refractivity contribution in [2.75, 3.05) is 6.61 Å². The Balaban J connectivity index is 1.23. The second-order valence-electron chi connectivity index (χ2n) is 9.57. The summed E-state index contributed by atoms with van der Waals surface area (Å²) in [6.07, 6.45) is 2.46. The van der Waals surface area contributed by atoms with Crippen LogP contribution in [0, 0.1) is 5.92 Å². The summed E-state index contributed by atoms with van der Waals surface area (Å²) in [7, 11) is 0. The highest BCUT2D eigenvalue weighted by Crippen LogP contribution is 2.44. The lowest BCUT2D eigenvalue weighted by molar-refractivity contribution is -0.149. The number of carbonyl (C=O) groups is 3. The van der Waals surface area contributed by atoms with E-state index >= 15 is 0 Å². The summed E-state index contributed by atoms with van der Waals surface area (Å²) in [6.45, 7) is 2.05. The van der Waals surface area contributed by atoms with Gasteiger partial charge in [-0.25, -0.2) is 4.79 Å². The van der Waals surface area contributed by atoms with Gasteiger partial charge in [-0.15, -0.1) is 0 Å². The Morgan fingerprint density at radius 1 is 1.00 bits per heavy atom. The molecule has 0 radical (unpaired) electrons. The number of benzene rings is 2. The number of nitrogens with zero attached hydrogens (tertiary/aromatic N) is 1. The largest absolute Gasteiger partial charge is 0.481 e. The number of piperidine rings is 1. The molecule has 0 saturated carbocycles. The number of fused-ring (bicyclic) bond motifs is 5. The first-order valence-corrected chi connectivity index (χ1v) is 12.1. The van der Waals surface area contributed by atoms with Crippen molar-refractivity contribution in [1.82, 2.24) is 10.2 Å². The molecule has 2 N–H and O–H groups in total. The lowest BCUT2D eigenvalue weighted by Gasteiger charge is -2.39. The van der Waals surface area contributed by atoms with Crippen LogP contribution < -0.4 is 5.32 Å². The van der Waals surface area contributed by atoms with Gasteiger partial charge in [0.25, 0.3) is 0 Å². The zero-order chi connectivity index (χ0) is 23.8. The van der Waals surface area contributed by atoms with Gasteiger partial charge >= 0.3 is 12.1 Å². The molecule has 34 heavy (non-hydrogen) atoms. The Kier molecular flexibility index (Phi) is 6.02. The van der Waals surface area contributed by atoms with Crippen LogP contribution in [0.2, 0.25) is 0 Å². The molecule has 2 unspecified atom stereocenters. The molecule has 2 aliphatic heterocycles. The zero-order valence-corrected chi connectivity index (χ0v) is 19.3. The Bertz CT molecular complexity index is 1060. The first kappa shape index (κ1) is 22.4. The van der Waals surface area contributed by atoms with Crippen molar-refractivity contribution >= 4 is 18.0 Å². The van der Waals surface area contributed by atoms with E-state index in [0.29, 0.717) is 19.3 Å². The number of rotatable bonds is 6. The third-order valence-electron chi connectivity index (χ3n) is 7.68. The third-order valence-corrected chi connectivity index (χ3v) is 7.68. The van der Waals surface area contributed by atoms with Gasteiger partial charge in [-0.2, -0.15) is 0 Å². The molecule has 0 aromatic heterocycles. The van der Waals surface area contributed by atoms with Gasteiger partial charge in [0, 0.05) is 18.0 Å². The standard InChI is InChI=1S/C27H30N2O5/c1-2-24(25(30)29-17-11-12-18(29)14-16(13-17)26(31)32)28-27(33)34-15-23-21-9-5-3-7-19(21)20-8-4-6-10-22(20)23/h3-10,16-18,23-24H,2,11-15H2,1H3,(H,28,33)(H,31,32)/t16?,17?,18?,24-/m0/s1. The number of carbonyl (C=O) groups excluding carboxylic acids is 2. The zero-order valence-electron chi connectivity index (χ0n) is 19.3. The molecule has 7 nitrogen and oxygen atoms in total. The Morgan fingerprint density at radius 2 is 1.56 bits per heavy atom. The van der Waals surface area contributed by atoms with E-state index < -0.39 is 24.0 Å². The van der Waals surface area contributed by atoms with E-state index in [4.69, 9.17) is 4.74 Å². The van der Waals surface area contributed by atoms with Gasteiger partial charge < -0.3 is 20.1 Å². The highest BCUT2D eigenvalue weighted by atomic mass is 16.5. The maximum absolute atomic E-state index is 13.3. The van der Waals surface area contributed by atoms with Crippen LogP contribution in [-0.2, 0) is 14.3 Å². The van der Waals surface area contributed by atoms with Crippen LogP contribution in [0.1, 0.15) is 56.1 Å². The van der Waals surface area contributed by atoms with E-state index in [9.17, 15) is 19.5 Å².